The van der Waals surface area contributed by atoms with Crippen LogP contribution in [0.25, 0.3) is 0 Å². The van der Waals surface area contributed by atoms with Gasteiger partial charge in [0, 0.05) is 12.2 Å². The number of nitrogens with zero attached hydrogens (tertiary/aromatic N) is 2. The van der Waals surface area contributed by atoms with Gasteiger partial charge in [0.25, 0.3) is 5.91 Å². The minimum Gasteiger partial charge on any atom is -0.348 e. The van der Waals surface area contributed by atoms with Crippen molar-refractivity contribution < 1.29 is 9.59 Å². The number of anilines is 1. The fourth-order valence-electron chi connectivity index (χ4n) is 3.14. The molecule has 7 heteroatoms. The molecule has 2 aromatic carbocycles. The molecule has 3 aromatic rings. The predicted molar refractivity (Wildman–Crippen MR) is 127 cm³/mol. The summed E-state index contributed by atoms with van der Waals surface area (Å²) in [6.45, 7) is 6.11. The molecule has 0 bridgehead atoms. The van der Waals surface area contributed by atoms with E-state index in [9.17, 15) is 14.9 Å². The molecule has 0 aliphatic carbocycles. The van der Waals surface area contributed by atoms with Crippen LogP contribution in [-0.4, -0.2) is 22.6 Å². The number of rotatable bonds is 7. The molecule has 0 spiro atoms. The summed E-state index contributed by atoms with van der Waals surface area (Å²) >= 11 is 1.20. The maximum atomic E-state index is 12.7. The van der Waals surface area contributed by atoms with Crippen molar-refractivity contribution in [2.75, 3.05) is 11.1 Å². The van der Waals surface area contributed by atoms with Crippen molar-refractivity contribution in [2.24, 2.45) is 0 Å². The highest BCUT2D eigenvalue weighted by atomic mass is 32.2. The van der Waals surface area contributed by atoms with Gasteiger partial charge in [-0.15, -0.1) is 0 Å². The van der Waals surface area contributed by atoms with Gasteiger partial charge in [0.2, 0.25) is 5.91 Å². The number of aromatic nitrogens is 1. The van der Waals surface area contributed by atoms with Crippen LogP contribution in [-0.2, 0) is 11.3 Å². The van der Waals surface area contributed by atoms with E-state index in [1.54, 1.807) is 24.3 Å². The fraction of sp³-hybridized carbons (Fsp3) is 0.200. The van der Waals surface area contributed by atoms with E-state index in [1.165, 1.54) is 11.8 Å². The minimum absolute atomic E-state index is 0.0733. The molecule has 0 fully saturated rings. The predicted octanol–water partition coefficient (Wildman–Crippen LogP) is 4.54. The van der Waals surface area contributed by atoms with Crippen LogP contribution >= 0.6 is 11.8 Å². The molecule has 162 valence electrons. The van der Waals surface area contributed by atoms with Crippen LogP contribution in [0.4, 0.5) is 5.69 Å². The van der Waals surface area contributed by atoms with E-state index in [4.69, 9.17) is 0 Å². The molecular weight excluding hydrogens is 420 g/mol. The zero-order valence-corrected chi connectivity index (χ0v) is 19.0. The monoisotopic (exact) mass is 444 g/mol. The molecule has 1 heterocycles. The van der Waals surface area contributed by atoms with Gasteiger partial charge >= 0.3 is 0 Å². The summed E-state index contributed by atoms with van der Waals surface area (Å²) in [6, 6.07) is 18.8. The first-order valence-electron chi connectivity index (χ1n) is 10.1. The molecule has 0 aliphatic heterocycles. The summed E-state index contributed by atoms with van der Waals surface area (Å²) < 4.78 is 0. The van der Waals surface area contributed by atoms with Crippen LogP contribution in [0.5, 0.6) is 0 Å². The largest absolute Gasteiger partial charge is 0.348 e. The van der Waals surface area contributed by atoms with E-state index in [2.05, 4.69) is 21.7 Å². The van der Waals surface area contributed by atoms with E-state index < -0.39 is 0 Å². The average Bonchev–Trinajstić information content (AvgIpc) is 2.77. The lowest BCUT2D eigenvalue weighted by Gasteiger charge is -2.12. The number of para-hydroxylation sites is 1. The van der Waals surface area contributed by atoms with E-state index in [0.29, 0.717) is 28.4 Å². The number of nitrogens with one attached hydrogen (secondary N) is 2. The Morgan fingerprint density at radius 1 is 1.06 bits per heavy atom. The lowest BCUT2D eigenvalue weighted by atomic mass is 10.1. The molecule has 0 saturated heterocycles. The lowest BCUT2D eigenvalue weighted by Crippen LogP contribution is -2.25. The highest BCUT2D eigenvalue weighted by Gasteiger charge is 2.15. The SMILES string of the molecule is Cc1ccc(CNC(=O)c2ccccc2NC(=O)CSc2nc(C)cc(C)c2C#N)cc1. The highest BCUT2D eigenvalue weighted by Crippen LogP contribution is 2.24. The van der Waals surface area contributed by atoms with E-state index in [-0.39, 0.29) is 17.6 Å². The van der Waals surface area contributed by atoms with Crippen LogP contribution in [0.1, 0.15) is 38.3 Å². The van der Waals surface area contributed by atoms with Gasteiger partial charge in [0.1, 0.15) is 11.1 Å². The van der Waals surface area contributed by atoms with Crippen molar-refractivity contribution in [3.05, 3.63) is 88.1 Å². The Bertz CT molecular complexity index is 1180. The van der Waals surface area contributed by atoms with Gasteiger partial charge in [-0.05, 0) is 50.1 Å². The maximum absolute atomic E-state index is 12.7. The Morgan fingerprint density at radius 2 is 1.78 bits per heavy atom. The van der Waals surface area contributed by atoms with Gasteiger partial charge in [-0.25, -0.2) is 4.98 Å². The molecule has 32 heavy (non-hydrogen) atoms. The van der Waals surface area contributed by atoms with Gasteiger partial charge in [0.15, 0.2) is 0 Å². The normalized spacial score (nSPS) is 10.3. The Kier molecular flexibility index (Phi) is 7.63. The van der Waals surface area contributed by atoms with Crippen molar-refractivity contribution >= 4 is 29.3 Å². The number of nitriles is 1. The zero-order chi connectivity index (χ0) is 23.1. The molecule has 3 rings (SSSR count). The van der Waals surface area contributed by atoms with E-state index >= 15 is 0 Å². The number of benzene rings is 2. The van der Waals surface area contributed by atoms with Crippen molar-refractivity contribution in [3.8, 4) is 6.07 Å². The van der Waals surface area contributed by atoms with Gasteiger partial charge in [-0.3, -0.25) is 9.59 Å². The second-order valence-corrected chi connectivity index (χ2v) is 8.39. The average molecular weight is 445 g/mol. The van der Waals surface area contributed by atoms with Crippen molar-refractivity contribution in [2.45, 2.75) is 32.3 Å². The third-order valence-corrected chi connectivity index (χ3v) is 5.76. The van der Waals surface area contributed by atoms with Gasteiger partial charge in [0.05, 0.1) is 22.6 Å². The molecule has 0 atom stereocenters. The molecule has 0 aliphatic rings. The molecule has 2 amide bonds. The summed E-state index contributed by atoms with van der Waals surface area (Å²) in [5, 5.41) is 15.6. The first kappa shape index (κ1) is 23.0. The van der Waals surface area contributed by atoms with E-state index in [0.717, 1.165) is 22.4 Å². The topological polar surface area (TPSA) is 94.9 Å². The molecular formula is C25H24N4O2S. The second kappa shape index (κ2) is 10.6. The van der Waals surface area contributed by atoms with Crippen LogP contribution in [0.15, 0.2) is 59.6 Å². The van der Waals surface area contributed by atoms with Crippen molar-refractivity contribution in [1.82, 2.24) is 10.3 Å². The number of amides is 2. The first-order valence-corrected chi connectivity index (χ1v) is 11.1. The third-order valence-electron chi connectivity index (χ3n) is 4.78. The molecule has 6 nitrogen and oxygen atoms in total. The van der Waals surface area contributed by atoms with Gasteiger partial charge in [-0.1, -0.05) is 53.7 Å². The van der Waals surface area contributed by atoms with Crippen molar-refractivity contribution in [1.29, 1.82) is 5.26 Å². The number of thioether (sulfide) groups is 1. The number of carbonyl (C=O) groups is 2. The number of hydrogen-bond donors (Lipinski definition) is 2. The van der Waals surface area contributed by atoms with Crippen LogP contribution in [0.3, 0.4) is 0 Å². The molecule has 0 saturated carbocycles. The lowest BCUT2D eigenvalue weighted by molar-refractivity contribution is -0.113. The fourth-order valence-corrected chi connectivity index (χ4v) is 4.04. The zero-order valence-electron chi connectivity index (χ0n) is 18.2. The summed E-state index contributed by atoms with van der Waals surface area (Å²) in [6.07, 6.45) is 0. The molecule has 2 N–H and O–H groups in total. The Hall–Kier alpha value is -3.63. The molecule has 0 unspecified atom stereocenters. The first-order chi connectivity index (χ1) is 15.4. The van der Waals surface area contributed by atoms with Crippen LogP contribution in [0.2, 0.25) is 0 Å². The quantitative estimate of drug-likeness (QED) is 0.522. The summed E-state index contributed by atoms with van der Waals surface area (Å²) in [5.74, 6) is -0.473. The highest BCUT2D eigenvalue weighted by molar-refractivity contribution is 8.00. The second-order valence-electron chi connectivity index (χ2n) is 7.42. The number of pyridine rings is 1. The smallest absolute Gasteiger partial charge is 0.253 e. The Morgan fingerprint density at radius 3 is 2.50 bits per heavy atom. The van der Waals surface area contributed by atoms with Crippen LogP contribution < -0.4 is 10.6 Å². The maximum Gasteiger partial charge on any atom is 0.253 e. The Labute approximate surface area is 192 Å². The summed E-state index contributed by atoms with van der Waals surface area (Å²) in [7, 11) is 0. The van der Waals surface area contributed by atoms with Gasteiger partial charge in [-0.2, -0.15) is 5.26 Å². The van der Waals surface area contributed by atoms with Crippen molar-refractivity contribution in [3.63, 3.8) is 0 Å². The molecule has 1 aromatic heterocycles. The third kappa shape index (κ3) is 5.96. The van der Waals surface area contributed by atoms with Crippen LogP contribution in [0, 0.1) is 32.1 Å². The summed E-state index contributed by atoms with van der Waals surface area (Å²) in [4.78, 5) is 29.7. The van der Waals surface area contributed by atoms with E-state index in [1.807, 2.05) is 51.1 Å². The summed E-state index contributed by atoms with van der Waals surface area (Å²) in [5.41, 5.74) is 5.08. The molecule has 0 radical (unpaired) electrons. The van der Waals surface area contributed by atoms with Gasteiger partial charge < -0.3 is 10.6 Å². The number of aryl methyl sites for hydroxylation is 3. The Balaban J connectivity index is 1.64. The number of carbonyl (C=O) groups excluding carboxylic acids is 2. The minimum atomic E-state index is -0.279. The standard InChI is InChI=1S/C25H24N4O2S/c1-16-8-10-19(11-9-16)14-27-24(31)20-6-4-5-7-22(20)29-23(30)15-32-25-21(13-26)17(2)12-18(3)28-25/h4-12H,14-15H2,1-3H3,(H,27,31)(H,29,30). The number of hydrogen-bond acceptors (Lipinski definition) is 5.